The molecule has 0 spiro atoms. The van der Waals surface area contributed by atoms with Gasteiger partial charge in [-0.25, -0.2) is 0 Å². The molecule has 4 rings (SSSR count). The van der Waals surface area contributed by atoms with Crippen LogP contribution >= 0.6 is 0 Å². The number of benzene rings is 1. The first-order valence-electron chi connectivity index (χ1n) is 10.1. The Labute approximate surface area is 177 Å². The molecule has 6 nitrogen and oxygen atoms in total. The van der Waals surface area contributed by atoms with Gasteiger partial charge in [0.15, 0.2) is 5.65 Å². The van der Waals surface area contributed by atoms with Crippen molar-refractivity contribution in [2.45, 2.75) is 38.8 Å². The molecule has 3 heterocycles. The number of fused-ring (bicyclic) bond motifs is 1. The number of hydrogen-bond acceptors (Lipinski definition) is 4. The molecule has 1 aliphatic rings. The molecule has 0 unspecified atom stereocenters. The van der Waals surface area contributed by atoms with E-state index in [9.17, 15) is 18.0 Å². The van der Waals surface area contributed by atoms with Crippen LogP contribution in [0, 0.1) is 11.3 Å². The summed E-state index contributed by atoms with van der Waals surface area (Å²) < 4.78 is 41.4. The fourth-order valence-corrected chi connectivity index (χ4v) is 3.75. The topological polar surface area (TPSA) is 74.3 Å². The summed E-state index contributed by atoms with van der Waals surface area (Å²) in [5, 5.41) is 16.9. The van der Waals surface area contributed by atoms with Gasteiger partial charge in [-0.3, -0.25) is 9.20 Å². The Morgan fingerprint density at radius 3 is 2.42 bits per heavy atom. The lowest BCUT2D eigenvalue weighted by molar-refractivity contribution is -0.138. The zero-order valence-corrected chi connectivity index (χ0v) is 17.2. The van der Waals surface area contributed by atoms with E-state index < -0.39 is 11.7 Å². The number of rotatable bonds is 2. The van der Waals surface area contributed by atoms with Gasteiger partial charge in [0.2, 0.25) is 5.82 Å². The average Bonchev–Trinajstić information content (AvgIpc) is 3.22. The fraction of sp³-hybridized carbons (Fsp3) is 0.364. The van der Waals surface area contributed by atoms with Crippen LogP contribution in [0.2, 0.25) is 0 Å². The third kappa shape index (κ3) is 4.53. The maximum atomic E-state index is 13.3. The second kappa shape index (κ2) is 9.16. The Bertz CT molecular complexity index is 1110. The molecule has 3 aromatic rings. The summed E-state index contributed by atoms with van der Waals surface area (Å²) >= 11 is 0. The highest BCUT2D eigenvalue weighted by Crippen LogP contribution is 2.38. The normalized spacial score (nSPS) is 14.6. The van der Waals surface area contributed by atoms with E-state index >= 15 is 0 Å². The third-order valence-electron chi connectivity index (χ3n) is 5.21. The molecule has 1 saturated heterocycles. The van der Waals surface area contributed by atoms with Gasteiger partial charge in [0.25, 0.3) is 5.91 Å². The lowest BCUT2D eigenvalue weighted by Crippen LogP contribution is -2.39. The summed E-state index contributed by atoms with van der Waals surface area (Å²) in [6.45, 7) is 4.64. The number of nitrogens with zero attached hydrogens (tertiary/aromatic N) is 5. The number of carbonyl (C=O) groups excluding carboxylic acids is 1. The van der Waals surface area contributed by atoms with Gasteiger partial charge in [0, 0.05) is 19.3 Å². The molecule has 31 heavy (non-hydrogen) atoms. The fourth-order valence-electron chi connectivity index (χ4n) is 3.75. The van der Waals surface area contributed by atoms with Crippen molar-refractivity contribution in [3.05, 3.63) is 65.1 Å². The smallest absolute Gasteiger partial charge is 0.336 e. The monoisotopic (exact) mass is 429 g/mol. The lowest BCUT2D eigenvalue weighted by atomic mass is 9.86. The zero-order valence-electron chi connectivity index (χ0n) is 17.2. The van der Waals surface area contributed by atoms with Crippen LogP contribution in [0.1, 0.15) is 59.9 Å². The van der Waals surface area contributed by atoms with Crippen molar-refractivity contribution in [2.24, 2.45) is 0 Å². The molecular weight excluding hydrogens is 407 g/mol. The van der Waals surface area contributed by atoms with E-state index in [2.05, 4.69) is 10.2 Å². The molecule has 0 N–H and O–H groups in total. The summed E-state index contributed by atoms with van der Waals surface area (Å²) in [7, 11) is 0. The standard InChI is InChI=1S/C20H16F3N5O.C2H6/c21-20(22,23)16-4-2-1-3-15(16)14-7-9-27(10-8-14)19(29)18-26-25-17-6-5-13(11-24)12-28(17)18;1-2/h1-6,12,14H,7-10H2;1-2H3. The molecule has 1 aromatic carbocycles. The van der Waals surface area contributed by atoms with Crippen LogP contribution in [-0.4, -0.2) is 38.5 Å². The van der Waals surface area contributed by atoms with Crippen molar-refractivity contribution in [1.82, 2.24) is 19.5 Å². The van der Waals surface area contributed by atoms with E-state index in [-0.39, 0.29) is 23.2 Å². The van der Waals surface area contributed by atoms with Crippen molar-refractivity contribution in [3.8, 4) is 6.07 Å². The van der Waals surface area contributed by atoms with Gasteiger partial charge in [-0.1, -0.05) is 32.0 Å². The SMILES string of the molecule is CC.N#Cc1ccc2nnc(C(=O)N3CCC(c4ccccc4C(F)(F)F)CC3)n2c1. The predicted molar refractivity (Wildman–Crippen MR) is 108 cm³/mol. The van der Waals surface area contributed by atoms with Gasteiger partial charge in [0.05, 0.1) is 11.1 Å². The number of carbonyl (C=O) groups is 1. The number of piperidine rings is 1. The highest BCUT2D eigenvalue weighted by Gasteiger charge is 2.36. The van der Waals surface area contributed by atoms with Crippen LogP contribution in [0.5, 0.6) is 0 Å². The van der Waals surface area contributed by atoms with Crippen molar-refractivity contribution in [1.29, 1.82) is 5.26 Å². The molecule has 1 amide bonds. The minimum absolute atomic E-state index is 0.0891. The van der Waals surface area contributed by atoms with Crippen LogP contribution in [0.15, 0.2) is 42.6 Å². The highest BCUT2D eigenvalue weighted by molar-refractivity contribution is 5.91. The Morgan fingerprint density at radius 1 is 1.10 bits per heavy atom. The van der Waals surface area contributed by atoms with Crippen molar-refractivity contribution in [3.63, 3.8) is 0 Å². The molecule has 1 aliphatic heterocycles. The van der Waals surface area contributed by atoms with Gasteiger partial charge >= 0.3 is 6.18 Å². The first-order valence-corrected chi connectivity index (χ1v) is 10.1. The summed E-state index contributed by atoms with van der Waals surface area (Å²) in [5.74, 6) is -0.529. The van der Waals surface area contributed by atoms with Crippen molar-refractivity contribution >= 4 is 11.6 Å². The Balaban J connectivity index is 0.00000132. The predicted octanol–water partition coefficient (Wildman–Crippen LogP) is 4.67. The minimum Gasteiger partial charge on any atom is -0.336 e. The van der Waals surface area contributed by atoms with Gasteiger partial charge < -0.3 is 4.90 Å². The summed E-state index contributed by atoms with van der Waals surface area (Å²) in [6, 6.07) is 10.8. The quantitative estimate of drug-likeness (QED) is 0.594. The molecule has 0 saturated carbocycles. The average molecular weight is 429 g/mol. The van der Waals surface area contributed by atoms with E-state index in [1.807, 2.05) is 19.9 Å². The molecule has 0 radical (unpaired) electrons. The van der Waals surface area contributed by atoms with E-state index in [0.717, 1.165) is 6.07 Å². The minimum atomic E-state index is -4.40. The van der Waals surface area contributed by atoms with E-state index in [4.69, 9.17) is 5.26 Å². The number of pyridine rings is 1. The molecule has 0 bridgehead atoms. The third-order valence-corrected chi connectivity index (χ3v) is 5.21. The number of aromatic nitrogens is 3. The van der Waals surface area contributed by atoms with Crippen molar-refractivity contribution in [2.75, 3.05) is 13.1 Å². The molecule has 0 aliphatic carbocycles. The first kappa shape index (κ1) is 22.3. The van der Waals surface area contributed by atoms with Crippen LogP contribution in [0.4, 0.5) is 13.2 Å². The second-order valence-corrected chi connectivity index (χ2v) is 6.93. The number of nitriles is 1. The van der Waals surface area contributed by atoms with Crippen LogP contribution in [-0.2, 0) is 6.18 Å². The van der Waals surface area contributed by atoms with Crippen LogP contribution in [0.25, 0.3) is 5.65 Å². The summed E-state index contributed by atoms with van der Waals surface area (Å²) in [4.78, 5) is 14.5. The van der Waals surface area contributed by atoms with Gasteiger partial charge in [-0.05, 0) is 42.5 Å². The maximum Gasteiger partial charge on any atom is 0.416 e. The van der Waals surface area contributed by atoms with Gasteiger partial charge in [-0.15, -0.1) is 10.2 Å². The van der Waals surface area contributed by atoms with E-state index in [1.165, 1.54) is 22.7 Å². The Kier molecular flexibility index (Phi) is 6.59. The zero-order chi connectivity index (χ0) is 22.6. The first-order chi connectivity index (χ1) is 14.9. The number of halogens is 3. The van der Waals surface area contributed by atoms with Crippen molar-refractivity contribution < 1.29 is 18.0 Å². The molecular formula is C22H22F3N5O. The van der Waals surface area contributed by atoms with Gasteiger partial charge in [0.1, 0.15) is 6.07 Å². The number of amides is 1. The molecule has 0 atom stereocenters. The molecule has 162 valence electrons. The summed E-state index contributed by atoms with van der Waals surface area (Å²) in [5.41, 5.74) is 0.478. The lowest BCUT2D eigenvalue weighted by Gasteiger charge is -2.32. The highest BCUT2D eigenvalue weighted by atomic mass is 19.4. The van der Waals surface area contributed by atoms with Gasteiger partial charge in [-0.2, -0.15) is 18.4 Å². The second-order valence-electron chi connectivity index (χ2n) is 6.93. The molecule has 2 aromatic heterocycles. The number of hydrogen-bond donors (Lipinski definition) is 0. The summed E-state index contributed by atoms with van der Waals surface area (Å²) in [6.07, 6.45) is -2.05. The molecule has 1 fully saturated rings. The Hall–Kier alpha value is -3.41. The van der Waals surface area contributed by atoms with E-state index in [1.54, 1.807) is 23.1 Å². The maximum absolute atomic E-state index is 13.3. The number of alkyl halides is 3. The largest absolute Gasteiger partial charge is 0.416 e. The van der Waals surface area contributed by atoms with E-state index in [0.29, 0.717) is 37.1 Å². The van der Waals surface area contributed by atoms with Crippen LogP contribution < -0.4 is 0 Å². The molecule has 9 heteroatoms. The van der Waals surface area contributed by atoms with Crippen LogP contribution in [0.3, 0.4) is 0 Å². The Morgan fingerprint density at radius 2 is 1.77 bits per heavy atom. The number of likely N-dealkylation sites (tertiary alicyclic amines) is 1.